The first-order valence-corrected chi connectivity index (χ1v) is 10.1. The van der Waals surface area contributed by atoms with Crippen LogP contribution in [-0.4, -0.2) is 62.3 Å². The maximum atomic E-state index is 13.9. The number of hydrogen-bond donors (Lipinski definition) is 0. The molecule has 1 aromatic rings. The first kappa shape index (κ1) is 31.0. The van der Waals surface area contributed by atoms with E-state index >= 15 is 0 Å². The van der Waals surface area contributed by atoms with E-state index in [2.05, 4.69) is 4.18 Å². The van der Waals surface area contributed by atoms with Crippen molar-refractivity contribution in [2.75, 3.05) is 13.7 Å². The Labute approximate surface area is 188 Å². The van der Waals surface area contributed by atoms with Crippen LogP contribution < -0.4 is 4.18 Å². The quantitative estimate of drug-likeness (QED) is 0.203. The topological polar surface area (TPSA) is 55.8 Å². The number of halogens is 13. The van der Waals surface area contributed by atoms with Gasteiger partial charge in [-0.2, -0.15) is 70.6 Å². The lowest BCUT2D eigenvalue weighted by atomic mass is 9.98. The second kappa shape index (κ2) is 9.45. The SMILES string of the molecule is CCON(C)Cc1ccc(OS(=O)(=O)C(F)(F)C(F)(F)C(F)(F)C(F)(F)C(F)(F)C(F)(F)F)cc1. The van der Waals surface area contributed by atoms with E-state index in [1.807, 2.05) is 0 Å². The summed E-state index contributed by atoms with van der Waals surface area (Å²) in [6.07, 6.45) is -7.61. The third-order valence-electron chi connectivity index (χ3n) is 4.10. The minimum Gasteiger partial charge on any atom is -0.378 e. The van der Waals surface area contributed by atoms with Crippen molar-refractivity contribution in [2.24, 2.45) is 0 Å². The van der Waals surface area contributed by atoms with Crippen LogP contribution in [-0.2, 0) is 21.5 Å². The second-order valence-electron chi connectivity index (χ2n) is 6.70. The van der Waals surface area contributed by atoms with Gasteiger partial charge in [-0.15, -0.1) is 0 Å². The minimum atomic E-state index is -8.26. The Morgan fingerprint density at radius 3 is 1.57 bits per heavy atom. The van der Waals surface area contributed by atoms with E-state index in [9.17, 15) is 65.5 Å². The molecule has 0 amide bonds. The van der Waals surface area contributed by atoms with Crippen molar-refractivity contribution in [2.45, 2.75) is 48.6 Å². The molecule has 19 heteroatoms. The number of hydrogen-bond acceptors (Lipinski definition) is 5. The first-order chi connectivity index (χ1) is 15.4. The van der Waals surface area contributed by atoms with E-state index < -0.39 is 51.0 Å². The maximum Gasteiger partial charge on any atom is 0.460 e. The van der Waals surface area contributed by atoms with Crippen LogP contribution in [0.25, 0.3) is 0 Å². The molecule has 204 valence electrons. The molecule has 35 heavy (non-hydrogen) atoms. The Morgan fingerprint density at radius 2 is 1.17 bits per heavy atom. The standard InChI is InChI=1S/C16H14F13NO4S/c1-3-33-30(2)8-9-4-6-10(7-5-9)34-35(31,32)16(28,29)14(23,24)12(19,20)11(17,18)13(21,22)15(25,26)27/h4-7H,3,8H2,1-2H3. The molecule has 0 aliphatic carbocycles. The lowest BCUT2D eigenvalue weighted by molar-refractivity contribution is -0.433. The third kappa shape index (κ3) is 5.25. The normalized spacial score (nSPS) is 15.0. The van der Waals surface area contributed by atoms with Crippen molar-refractivity contribution in [1.29, 1.82) is 0 Å². The van der Waals surface area contributed by atoms with Gasteiger partial charge in [0, 0.05) is 13.6 Å². The van der Waals surface area contributed by atoms with Gasteiger partial charge in [0.1, 0.15) is 5.75 Å². The molecule has 0 unspecified atom stereocenters. The summed E-state index contributed by atoms with van der Waals surface area (Å²) < 4.78 is 197. The number of rotatable bonds is 11. The first-order valence-electron chi connectivity index (χ1n) is 8.73. The minimum absolute atomic E-state index is 0.0101. The summed E-state index contributed by atoms with van der Waals surface area (Å²) >= 11 is 0. The van der Waals surface area contributed by atoms with Gasteiger partial charge in [0.05, 0.1) is 6.61 Å². The molecule has 0 saturated carbocycles. The van der Waals surface area contributed by atoms with Gasteiger partial charge in [-0.3, -0.25) is 4.84 Å². The zero-order chi connectivity index (χ0) is 27.9. The largest absolute Gasteiger partial charge is 0.460 e. The van der Waals surface area contributed by atoms with Crippen LogP contribution >= 0.6 is 0 Å². The smallest absolute Gasteiger partial charge is 0.378 e. The predicted octanol–water partition coefficient (Wildman–Crippen LogP) is 5.47. The van der Waals surface area contributed by atoms with Gasteiger partial charge in [-0.05, 0) is 24.6 Å². The summed E-state index contributed by atoms with van der Waals surface area (Å²) in [5.74, 6) is -33.7. The molecule has 5 nitrogen and oxygen atoms in total. The summed E-state index contributed by atoms with van der Waals surface area (Å²) in [6.45, 7) is 1.82. The van der Waals surface area contributed by atoms with Crippen LogP contribution in [0.1, 0.15) is 12.5 Å². The van der Waals surface area contributed by atoms with Gasteiger partial charge >= 0.3 is 45.2 Å². The number of alkyl halides is 13. The van der Waals surface area contributed by atoms with Gasteiger partial charge in [-0.25, -0.2) is 0 Å². The Balaban J connectivity index is 3.34. The van der Waals surface area contributed by atoms with E-state index in [0.717, 1.165) is 12.1 Å². The predicted molar refractivity (Wildman–Crippen MR) is 89.9 cm³/mol. The summed E-state index contributed by atoms with van der Waals surface area (Å²) in [7, 11) is -5.97. The van der Waals surface area contributed by atoms with Crippen molar-refractivity contribution in [1.82, 2.24) is 5.06 Å². The molecule has 0 saturated heterocycles. The van der Waals surface area contributed by atoms with Gasteiger partial charge in [0.15, 0.2) is 0 Å². The molecule has 0 fully saturated rings. The van der Waals surface area contributed by atoms with Crippen LogP contribution in [0.15, 0.2) is 24.3 Å². The van der Waals surface area contributed by atoms with Crippen molar-refractivity contribution in [3.63, 3.8) is 0 Å². The maximum absolute atomic E-state index is 13.9. The number of benzene rings is 1. The number of hydroxylamine groups is 2. The second-order valence-corrected chi connectivity index (χ2v) is 8.28. The molecular weight excluding hydrogens is 549 g/mol. The van der Waals surface area contributed by atoms with Crippen molar-refractivity contribution in [3.05, 3.63) is 29.8 Å². The molecule has 0 spiro atoms. The molecule has 0 atom stereocenters. The molecule has 1 rings (SSSR count). The van der Waals surface area contributed by atoms with Crippen molar-refractivity contribution < 1.29 is 74.5 Å². The van der Waals surface area contributed by atoms with Crippen LogP contribution in [0.2, 0.25) is 0 Å². The molecule has 1 aromatic carbocycles. The summed E-state index contributed by atoms with van der Waals surface area (Å²) in [5, 5.41) is -6.19. The van der Waals surface area contributed by atoms with E-state index in [1.54, 1.807) is 6.92 Å². The molecule has 0 radical (unpaired) electrons. The zero-order valence-electron chi connectivity index (χ0n) is 17.1. The van der Waals surface area contributed by atoms with Gasteiger partial charge in [0.2, 0.25) is 0 Å². The van der Waals surface area contributed by atoms with Crippen molar-refractivity contribution in [3.8, 4) is 5.75 Å². The van der Waals surface area contributed by atoms with Crippen LogP contribution in [0.4, 0.5) is 57.1 Å². The van der Waals surface area contributed by atoms with Crippen LogP contribution in [0.5, 0.6) is 5.75 Å². The van der Waals surface area contributed by atoms with E-state index in [1.165, 1.54) is 12.1 Å². The van der Waals surface area contributed by atoms with Gasteiger partial charge in [0.25, 0.3) is 0 Å². The molecule has 0 aliphatic rings. The lowest BCUT2D eigenvalue weighted by Crippen LogP contribution is -2.71. The highest BCUT2D eigenvalue weighted by Crippen LogP contribution is 2.61. The molecule has 0 aromatic heterocycles. The monoisotopic (exact) mass is 563 g/mol. The third-order valence-corrected chi connectivity index (χ3v) is 5.40. The van der Waals surface area contributed by atoms with E-state index in [0.29, 0.717) is 12.1 Å². The lowest BCUT2D eigenvalue weighted by Gasteiger charge is -2.38. The van der Waals surface area contributed by atoms with Gasteiger partial charge in [-0.1, -0.05) is 12.1 Å². The summed E-state index contributed by atoms with van der Waals surface area (Å²) in [4.78, 5) is 5.01. The van der Waals surface area contributed by atoms with E-state index in [4.69, 9.17) is 4.84 Å². The highest BCUT2D eigenvalue weighted by Gasteiger charge is 2.93. The Kier molecular flexibility index (Phi) is 8.38. The molecule has 0 N–H and O–H groups in total. The molecule has 0 heterocycles. The van der Waals surface area contributed by atoms with Crippen LogP contribution in [0.3, 0.4) is 0 Å². The van der Waals surface area contributed by atoms with Crippen molar-refractivity contribution >= 4 is 10.1 Å². The summed E-state index contributed by atoms with van der Waals surface area (Å²) in [5.41, 5.74) is 0.267. The van der Waals surface area contributed by atoms with E-state index in [-0.39, 0.29) is 18.7 Å². The fourth-order valence-corrected chi connectivity index (χ4v) is 3.18. The summed E-state index contributed by atoms with van der Waals surface area (Å²) in [6, 6.07) is 2.96. The molecule has 0 bridgehead atoms. The average molecular weight is 563 g/mol. The highest BCUT2D eigenvalue weighted by molar-refractivity contribution is 7.88. The average Bonchev–Trinajstić information content (AvgIpc) is 2.67. The fourth-order valence-electron chi connectivity index (χ4n) is 2.26. The Bertz CT molecular complexity index is 978. The van der Waals surface area contributed by atoms with Crippen LogP contribution in [0, 0.1) is 0 Å². The fraction of sp³-hybridized carbons (Fsp3) is 0.625. The van der Waals surface area contributed by atoms with Gasteiger partial charge < -0.3 is 4.18 Å². The zero-order valence-corrected chi connectivity index (χ0v) is 17.9. The molecular formula is C16H14F13NO4S. The Morgan fingerprint density at radius 1 is 0.743 bits per heavy atom. The number of nitrogens with zero attached hydrogens (tertiary/aromatic N) is 1. The Hall–Kier alpha value is -2.02. The molecule has 0 aliphatic heterocycles. The highest BCUT2D eigenvalue weighted by atomic mass is 32.2.